The molecule has 0 unspecified atom stereocenters. The average molecular weight is 433 g/mol. The molecule has 0 amide bonds. The van der Waals surface area contributed by atoms with Crippen molar-refractivity contribution in [1.29, 1.82) is 0 Å². The van der Waals surface area contributed by atoms with Gasteiger partial charge in [-0.3, -0.25) is 0 Å². The molecule has 0 aromatic heterocycles. The van der Waals surface area contributed by atoms with Crippen molar-refractivity contribution >= 4 is 0 Å². The fourth-order valence-electron chi connectivity index (χ4n) is 5.12. The summed E-state index contributed by atoms with van der Waals surface area (Å²) in [4.78, 5) is 0. The molecule has 0 atom stereocenters. The zero-order valence-corrected chi connectivity index (χ0v) is 18.6. The number of rotatable bonds is 6. The van der Waals surface area contributed by atoms with Crippen LogP contribution in [0.3, 0.4) is 0 Å². The Bertz CT molecular complexity index is 737. The number of alkyl halides is 3. The molecule has 1 nitrogen and oxygen atoms in total. The van der Waals surface area contributed by atoms with E-state index in [0.29, 0.717) is 11.5 Å². The van der Waals surface area contributed by atoms with Crippen molar-refractivity contribution in [3.8, 4) is 17.6 Å². The molecule has 1 aromatic rings. The highest BCUT2D eigenvalue weighted by atomic mass is 19.4. The second-order valence-electron chi connectivity index (χ2n) is 9.35. The molecule has 2 fully saturated rings. The molecule has 0 bridgehead atoms. The summed E-state index contributed by atoms with van der Waals surface area (Å²) in [5.74, 6) is 9.23. The molecule has 2 aliphatic carbocycles. The van der Waals surface area contributed by atoms with Crippen molar-refractivity contribution in [2.45, 2.75) is 83.9 Å². The first-order chi connectivity index (χ1) is 14.9. The van der Waals surface area contributed by atoms with Crippen LogP contribution in [0.15, 0.2) is 36.4 Å². The van der Waals surface area contributed by atoms with Gasteiger partial charge in [0.1, 0.15) is 5.75 Å². The van der Waals surface area contributed by atoms with Gasteiger partial charge in [-0.05, 0) is 79.7 Å². The highest BCUT2D eigenvalue weighted by Gasteiger charge is 2.31. The Labute approximate surface area is 185 Å². The third-order valence-electron chi connectivity index (χ3n) is 7.17. The topological polar surface area (TPSA) is 9.23 Å². The van der Waals surface area contributed by atoms with Crippen molar-refractivity contribution in [1.82, 2.24) is 0 Å². The Morgan fingerprint density at radius 3 is 1.97 bits per heavy atom. The molecule has 31 heavy (non-hydrogen) atoms. The van der Waals surface area contributed by atoms with Crippen LogP contribution >= 0.6 is 0 Å². The maximum atomic E-state index is 12.2. The van der Waals surface area contributed by atoms with Gasteiger partial charge in [0, 0.05) is 5.56 Å². The monoisotopic (exact) mass is 432 g/mol. The standard InChI is InChI=1S/C27H35F3O/c1-2-21-7-9-24(10-8-21)15-16-25-13-11-22(12-14-25)5-3-4-6-23-17-19-26(20-18-23)31-27(28,29)30/h3,5,17-22,24-25H,2,7-16H2,1H3. The molecule has 1 aromatic carbocycles. The van der Waals surface area contributed by atoms with Gasteiger partial charge in [0.05, 0.1) is 0 Å². The summed E-state index contributed by atoms with van der Waals surface area (Å²) in [7, 11) is 0. The Balaban J connectivity index is 1.34. The normalized spacial score (nSPS) is 27.0. The Hall–Kier alpha value is -1.89. The second-order valence-corrected chi connectivity index (χ2v) is 9.35. The van der Waals surface area contributed by atoms with Crippen molar-refractivity contribution < 1.29 is 17.9 Å². The summed E-state index contributed by atoms with van der Waals surface area (Å²) < 4.78 is 40.4. The Morgan fingerprint density at radius 2 is 1.42 bits per heavy atom. The van der Waals surface area contributed by atoms with E-state index in [-0.39, 0.29) is 5.75 Å². The number of benzene rings is 1. The first-order valence-electron chi connectivity index (χ1n) is 11.9. The third kappa shape index (κ3) is 8.63. The predicted molar refractivity (Wildman–Crippen MR) is 120 cm³/mol. The average Bonchev–Trinajstić information content (AvgIpc) is 2.76. The zero-order chi connectivity index (χ0) is 22.1. The van der Waals surface area contributed by atoms with E-state index in [1.165, 1.54) is 82.8 Å². The molecule has 0 N–H and O–H groups in total. The molecule has 0 saturated heterocycles. The summed E-state index contributed by atoms with van der Waals surface area (Å²) in [5, 5.41) is 0. The minimum Gasteiger partial charge on any atom is -0.406 e. The lowest BCUT2D eigenvalue weighted by molar-refractivity contribution is -0.274. The van der Waals surface area contributed by atoms with Crippen LogP contribution < -0.4 is 4.74 Å². The highest BCUT2D eigenvalue weighted by Crippen LogP contribution is 2.37. The molecule has 0 radical (unpaired) electrons. The lowest BCUT2D eigenvalue weighted by atomic mass is 9.75. The lowest BCUT2D eigenvalue weighted by Crippen LogP contribution is -2.17. The van der Waals surface area contributed by atoms with Gasteiger partial charge < -0.3 is 4.74 Å². The van der Waals surface area contributed by atoms with Crippen LogP contribution in [0.25, 0.3) is 0 Å². The molecule has 4 heteroatoms. The molecule has 0 spiro atoms. The fraction of sp³-hybridized carbons (Fsp3) is 0.630. The van der Waals surface area contributed by atoms with Gasteiger partial charge in [-0.2, -0.15) is 0 Å². The Kier molecular flexibility index (Phi) is 8.93. The molecule has 170 valence electrons. The maximum absolute atomic E-state index is 12.2. The number of ether oxygens (including phenoxy) is 1. The van der Waals surface area contributed by atoms with E-state index < -0.39 is 6.36 Å². The fourth-order valence-corrected chi connectivity index (χ4v) is 5.12. The summed E-state index contributed by atoms with van der Waals surface area (Å²) in [6, 6.07) is 5.67. The molecule has 2 saturated carbocycles. The number of hydrogen-bond donors (Lipinski definition) is 0. The van der Waals surface area contributed by atoms with Crippen LogP contribution in [-0.4, -0.2) is 6.36 Å². The number of allylic oxidation sites excluding steroid dienone is 2. The van der Waals surface area contributed by atoms with Crippen molar-refractivity contribution in [3.63, 3.8) is 0 Å². The van der Waals surface area contributed by atoms with Crippen LogP contribution in [0, 0.1) is 35.5 Å². The minimum atomic E-state index is -4.66. The lowest BCUT2D eigenvalue weighted by Gasteiger charge is -2.31. The molecule has 3 rings (SSSR count). The van der Waals surface area contributed by atoms with Gasteiger partial charge in [0.2, 0.25) is 0 Å². The van der Waals surface area contributed by atoms with E-state index in [4.69, 9.17) is 0 Å². The van der Waals surface area contributed by atoms with E-state index >= 15 is 0 Å². The number of halogens is 3. The molecule has 0 heterocycles. The van der Waals surface area contributed by atoms with E-state index in [1.807, 2.05) is 6.08 Å². The van der Waals surface area contributed by atoms with E-state index in [1.54, 1.807) is 12.1 Å². The summed E-state index contributed by atoms with van der Waals surface area (Å²) in [6.07, 6.45) is 14.6. The van der Waals surface area contributed by atoms with Gasteiger partial charge in [-0.15, -0.1) is 13.2 Å². The molecular weight excluding hydrogens is 397 g/mol. The van der Waals surface area contributed by atoms with Crippen LogP contribution in [0.2, 0.25) is 0 Å². The SMILES string of the molecule is CCC1CCC(CCC2CCC(C=CC#Cc3ccc(OC(F)(F)F)cc3)CC2)CC1. The van der Waals surface area contributed by atoms with Crippen LogP contribution in [0.4, 0.5) is 13.2 Å². The van der Waals surface area contributed by atoms with Crippen LogP contribution in [0.5, 0.6) is 5.75 Å². The minimum absolute atomic E-state index is 0.223. The van der Waals surface area contributed by atoms with E-state index in [2.05, 4.69) is 29.6 Å². The summed E-state index contributed by atoms with van der Waals surface area (Å²) >= 11 is 0. The maximum Gasteiger partial charge on any atom is 0.573 e. The van der Waals surface area contributed by atoms with Crippen LogP contribution in [0.1, 0.15) is 83.1 Å². The van der Waals surface area contributed by atoms with Gasteiger partial charge in [0.25, 0.3) is 0 Å². The van der Waals surface area contributed by atoms with Gasteiger partial charge in [-0.25, -0.2) is 0 Å². The summed E-state index contributed by atoms with van der Waals surface area (Å²) in [6.45, 7) is 2.33. The summed E-state index contributed by atoms with van der Waals surface area (Å²) in [5.41, 5.74) is 0.677. The quantitative estimate of drug-likeness (QED) is 0.411. The smallest absolute Gasteiger partial charge is 0.406 e. The highest BCUT2D eigenvalue weighted by molar-refractivity contribution is 5.40. The zero-order valence-electron chi connectivity index (χ0n) is 18.6. The van der Waals surface area contributed by atoms with E-state index in [9.17, 15) is 13.2 Å². The number of hydrogen-bond acceptors (Lipinski definition) is 1. The Morgan fingerprint density at radius 1 is 0.871 bits per heavy atom. The van der Waals surface area contributed by atoms with Crippen molar-refractivity contribution in [2.75, 3.05) is 0 Å². The molecular formula is C27H35F3O. The molecule has 2 aliphatic rings. The predicted octanol–water partition coefficient (Wildman–Crippen LogP) is 8.30. The largest absolute Gasteiger partial charge is 0.573 e. The van der Waals surface area contributed by atoms with Crippen molar-refractivity contribution in [2.24, 2.45) is 23.7 Å². The first kappa shape index (κ1) is 23.8. The third-order valence-corrected chi connectivity index (χ3v) is 7.17. The van der Waals surface area contributed by atoms with Gasteiger partial charge in [0.15, 0.2) is 0 Å². The first-order valence-corrected chi connectivity index (χ1v) is 11.9. The van der Waals surface area contributed by atoms with E-state index in [0.717, 1.165) is 17.8 Å². The van der Waals surface area contributed by atoms with Gasteiger partial charge >= 0.3 is 6.36 Å². The van der Waals surface area contributed by atoms with Crippen LogP contribution in [-0.2, 0) is 0 Å². The second kappa shape index (κ2) is 11.7. The molecule has 0 aliphatic heterocycles. The van der Waals surface area contributed by atoms with Crippen molar-refractivity contribution in [3.05, 3.63) is 42.0 Å². The van der Waals surface area contributed by atoms with Gasteiger partial charge in [-0.1, -0.05) is 69.8 Å².